The van der Waals surface area contributed by atoms with Gasteiger partial charge in [-0.2, -0.15) is 5.01 Å². The number of nitrogens with zero attached hydrogens (tertiary/aromatic N) is 2. The molecule has 1 saturated heterocycles. The Kier molecular flexibility index (Phi) is 6.14. The van der Waals surface area contributed by atoms with Gasteiger partial charge in [0.1, 0.15) is 5.75 Å². The predicted octanol–water partition coefficient (Wildman–Crippen LogP) is 4.27. The summed E-state index contributed by atoms with van der Waals surface area (Å²) in [5.74, 6) is -0.675. The van der Waals surface area contributed by atoms with Crippen molar-refractivity contribution in [2.75, 3.05) is 0 Å². The summed E-state index contributed by atoms with van der Waals surface area (Å²) in [6.07, 6.45) is 1.72. The van der Waals surface area contributed by atoms with Gasteiger partial charge in [0.25, 0.3) is 5.91 Å². The number of carbonyl (C=O) groups is 2. The Morgan fingerprint density at radius 2 is 1.61 bits per heavy atom. The lowest BCUT2D eigenvalue weighted by Crippen LogP contribution is -2.46. The first-order valence-electron chi connectivity index (χ1n) is 9.59. The number of hydrazine groups is 1. The summed E-state index contributed by atoms with van der Waals surface area (Å²) in [4.78, 5) is 30.5. The molecule has 0 aliphatic carbocycles. The molecule has 2 N–H and O–H groups in total. The summed E-state index contributed by atoms with van der Waals surface area (Å²) in [5, 5.41) is 11.5. The number of para-hydroxylation sites is 2. The molecular weight excluding hydrogens is 410 g/mol. The normalized spacial score (nSPS) is 16.1. The Morgan fingerprint density at radius 1 is 0.968 bits per heavy atom. The smallest absolute Gasteiger partial charge is 0.285 e. The Morgan fingerprint density at radius 3 is 2.32 bits per heavy atom. The Labute approximate surface area is 183 Å². The number of carbonyl (C=O) groups excluding carboxylic acids is 2. The highest BCUT2D eigenvalue weighted by Crippen LogP contribution is 2.34. The summed E-state index contributed by atoms with van der Waals surface area (Å²) >= 11 is 1.14. The lowest BCUT2D eigenvalue weighted by molar-refractivity contribution is -0.132. The number of amides is 2. The van der Waals surface area contributed by atoms with E-state index in [-0.39, 0.29) is 18.1 Å². The first kappa shape index (κ1) is 20.4. The minimum atomic E-state index is -0.413. The molecule has 3 aromatic rings. The van der Waals surface area contributed by atoms with Gasteiger partial charge in [-0.15, -0.1) is 0 Å². The van der Waals surface area contributed by atoms with E-state index in [9.17, 15) is 14.7 Å². The van der Waals surface area contributed by atoms with E-state index in [1.54, 1.807) is 30.3 Å². The molecule has 31 heavy (non-hydrogen) atoms. The number of hydrogen-bond acceptors (Lipinski definition) is 5. The second-order valence-corrected chi connectivity index (χ2v) is 7.75. The highest BCUT2D eigenvalue weighted by atomic mass is 32.2. The largest absolute Gasteiger partial charge is 0.507 e. The van der Waals surface area contributed by atoms with Crippen LogP contribution < -0.4 is 5.43 Å². The van der Waals surface area contributed by atoms with E-state index in [0.717, 1.165) is 22.3 Å². The molecule has 0 unspecified atom stereocenters. The van der Waals surface area contributed by atoms with Crippen molar-refractivity contribution in [2.45, 2.75) is 6.42 Å². The van der Waals surface area contributed by atoms with E-state index < -0.39 is 5.91 Å². The number of hydrogen-bond donors (Lipinski definition) is 2. The van der Waals surface area contributed by atoms with Crippen LogP contribution in [0.2, 0.25) is 0 Å². The lowest BCUT2D eigenvalue weighted by Gasteiger charge is -2.16. The van der Waals surface area contributed by atoms with Crippen molar-refractivity contribution < 1.29 is 14.7 Å². The molecule has 0 spiro atoms. The van der Waals surface area contributed by atoms with Gasteiger partial charge < -0.3 is 5.11 Å². The fourth-order valence-corrected chi connectivity index (χ4v) is 3.89. The van der Waals surface area contributed by atoms with Crippen LogP contribution in [0.1, 0.15) is 11.1 Å². The molecule has 0 aromatic heterocycles. The topological polar surface area (TPSA) is 82.0 Å². The zero-order valence-electron chi connectivity index (χ0n) is 16.4. The number of benzene rings is 3. The Bertz CT molecular complexity index is 1160. The molecule has 1 heterocycles. The first-order chi connectivity index (χ1) is 15.1. The van der Waals surface area contributed by atoms with Gasteiger partial charge in [0.05, 0.1) is 17.0 Å². The van der Waals surface area contributed by atoms with Gasteiger partial charge in [-0.3, -0.25) is 15.0 Å². The average Bonchev–Trinajstić information content (AvgIpc) is 3.05. The minimum Gasteiger partial charge on any atom is -0.507 e. The molecule has 3 aromatic carbocycles. The molecular formula is C24H19N3O3S. The maximum atomic E-state index is 13.1. The van der Waals surface area contributed by atoms with E-state index >= 15 is 0 Å². The van der Waals surface area contributed by atoms with Crippen molar-refractivity contribution >= 4 is 40.5 Å². The summed E-state index contributed by atoms with van der Waals surface area (Å²) in [5.41, 5.74) is 4.67. The van der Waals surface area contributed by atoms with Crippen molar-refractivity contribution in [3.8, 4) is 5.75 Å². The standard InChI is InChI=1S/C24H19N3O3S/c28-20-14-8-7-11-18(20)16-21-23(30)27(24(31-21)25-19-12-5-2-6-13-19)26-22(29)15-17-9-3-1-4-10-17/h1-14,16,28H,15H2,(H,26,29)/b21-16+,25-24?. The van der Waals surface area contributed by atoms with Gasteiger partial charge in [0.15, 0.2) is 5.17 Å². The molecule has 1 aliphatic rings. The van der Waals surface area contributed by atoms with Crippen molar-refractivity contribution in [1.29, 1.82) is 0 Å². The van der Waals surface area contributed by atoms with E-state index in [1.165, 1.54) is 0 Å². The number of nitrogens with one attached hydrogen (secondary N) is 1. The van der Waals surface area contributed by atoms with Crippen LogP contribution in [-0.2, 0) is 16.0 Å². The molecule has 7 heteroatoms. The lowest BCUT2D eigenvalue weighted by atomic mass is 10.1. The zero-order chi connectivity index (χ0) is 21.6. The number of phenolic OH excluding ortho intramolecular Hbond substituents is 1. The highest BCUT2D eigenvalue weighted by molar-refractivity contribution is 8.18. The predicted molar refractivity (Wildman–Crippen MR) is 122 cm³/mol. The quantitative estimate of drug-likeness (QED) is 0.594. The van der Waals surface area contributed by atoms with Crippen LogP contribution in [0.3, 0.4) is 0 Å². The van der Waals surface area contributed by atoms with Crippen LogP contribution in [0, 0.1) is 0 Å². The monoisotopic (exact) mass is 429 g/mol. The summed E-state index contributed by atoms with van der Waals surface area (Å²) < 4.78 is 0. The van der Waals surface area contributed by atoms with E-state index in [4.69, 9.17) is 0 Å². The average molecular weight is 430 g/mol. The van der Waals surface area contributed by atoms with E-state index in [2.05, 4.69) is 10.4 Å². The molecule has 2 amide bonds. The molecule has 0 atom stereocenters. The first-order valence-corrected chi connectivity index (χ1v) is 10.4. The van der Waals surface area contributed by atoms with Crippen LogP contribution in [0.4, 0.5) is 5.69 Å². The van der Waals surface area contributed by atoms with Crippen molar-refractivity contribution in [3.05, 3.63) is 101 Å². The van der Waals surface area contributed by atoms with Gasteiger partial charge in [-0.25, -0.2) is 4.99 Å². The third kappa shape index (κ3) is 5.02. The second kappa shape index (κ2) is 9.32. The van der Waals surface area contributed by atoms with Crippen LogP contribution in [0.5, 0.6) is 5.75 Å². The molecule has 6 nitrogen and oxygen atoms in total. The van der Waals surface area contributed by atoms with Gasteiger partial charge in [-0.05, 0) is 41.6 Å². The highest BCUT2D eigenvalue weighted by Gasteiger charge is 2.35. The third-order valence-electron chi connectivity index (χ3n) is 4.45. The van der Waals surface area contributed by atoms with Crippen molar-refractivity contribution in [1.82, 2.24) is 10.4 Å². The molecule has 1 fully saturated rings. The molecule has 154 valence electrons. The Balaban J connectivity index is 1.62. The van der Waals surface area contributed by atoms with Crippen LogP contribution in [0.15, 0.2) is 94.8 Å². The van der Waals surface area contributed by atoms with Gasteiger partial charge >= 0.3 is 0 Å². The Hall–Kier alpha value is -3.84. The number of phenols is 1. The number of aliphatic imine (C=N–C) groups is 1. The molecule has 0 saturated carbocycles. The SMILES string of the molecule is O=C(Cc1ccccc1)NN1C(=O)/C(=C\c2ccccc2O)SC1=Nc1ccccc1. The molecule has 0 bridgehead atoms. The summed E-state index contributed by atoms with van der Waals surface area (Å²) in [6.45, 7) is 0. The molecule has 0 radical (unpaired) electrons. The second-order valence-electron chi connectivity index (χ2n) is 6.74. The van der Waals surface area contributed by atoms with E-state index in [1.807, 2.05) is 60.7 Å². The fraction of sp³-hybridized carbons (Fsp3) is 0.0417. The van der Waals surface area contributed by atoms with Crippen molar-refractivity contribution in [2.24, 2.45) is 4.99 Å². The maximum Gasteiger partial charge on any atom is 0.285 e. The van der Waals surface area contributed by atoms with Crippen LogP contribution in [0.25, 0.3) is 6.08 Å². The number of thioether (sulfide) groups is 1. The van der Waals surface area contributed by atoms with Crippen molar-refractivity contribution in [3.63, 3.8) is 0 Å². The molecule has 4 rings (SSSR count). The van der Waals surface area contributed by atoms with Crippen LogP contribution >= 0.6 is 11.8 Å². The third-order valence-corrected chi connectivity index (χ3v) is 5.42. The zero-order valence-corrected chi connectivity index (χ0v) is 17.3. The van der Waals surface area contributed by atoms with Gasteiger partial charge in [0.2, 0.25) is 5.91 Å². The summed E-state index contributed by atoms with van der Waals surface area (Å²) in [6, 6.07) is 25.2. The number of aromatic hydroxyl groups is 1. The van der Waals surface area contributed by atoms with Crippen LogP contribution in [-0.4, -0.2) is 27.1 Å². The number of rotatable bonds is 5. The number of amidine groups is 1. The summed E-state index contributed by atoms with van der Waals surface area (Å²) in [7, 11) is 0. The van der Waals surface area contributed by atoms with Gasteiger partial charge in [0, 0.05) is 5.56 Å². The van der Waals surface area contributed by atoms with Gasteiger partial charge in [-0.1, -0.05) is 66.7 Å². The maximum absolute atomic E-state index is 13.1. The fourth-order valence-electron chi connectivity index (χ4n) is 2.96. The molecule has 1 aliphatic heterocycles. The minimum absolute atomic E-state index is 0.0662. The van der Waals surface area contributed by atoms with E-state index in [0.29, 0.717) is 21.3 Å².